The van der Waals surface area contributed by atoms with E-state index in [-0.39, 0.29) is 36.2 Å². The molecule has 8 nitrogen and oxygen atoms in total. The molecule has 8 heteroatoms. The van der Waals surface area contributed by atoms with Crippen molar-refractivity contribution in [2.24, 2.45) is 0 Å². The second-order valence-electron chi connectivity index (χ2n) is 12.1. The van der Waals surface area contributed by atoms with Crippen LogP contribution in [0.15, 0.2) is 0 Å². The highest BCUT2D eigenvalue weighted by atomic mass is 16.6. The highest BCUT2D eigenvalue weighted by Crippen LogP contribution is 2.13. The zero-order chi connectivity index (χ0) is 30.1. The van der Waals surface area contributed by atoms with Crippen molar-refractivity contribution in [2.75, 3.05) is 41.0 Å². The fraction of sp³-hybridized carbons (Fsp3) is 0.906. The Kier molecular flexibility index (Phi) is 24.0. The van der Waals surface area contributed by atoms with Crippen LogP contribution in [0.1, 0.15) is 136 Å². The van der Waals surface area contributed by atoms with Gasteiger partial charge in [0.05, 0.1) is 34.4 Å². The molecule has 0 aliphatic rings. The lowest BCUT2D eigenvalue weighted by Crippen LogP contribution is -2.50. The third-order valence-corrected chi connectivity index (χ3v) is 7.26. The standard InChI is InChI=1S/C32H61NO7/c1-6-8-10-12-14-16-18-20-22-30(34)39-27-28(26-38-25-24-29(32(36)37)33(3,4)5)40-31(35)23-21-19-17-15-13-11-9-7-2/h28-29H,6-27H2,1-5H3/p+1. The Morgan fingerprint density at radius 3 is 1.55 bits per heavy atom. The van der Waals surface area contributed by atoms with Crippen molar-refractivity contribution in [2.45, 2.75) is 148 Å². The molecule has 0 fully saturated rings. The van der Waals surface area contributed by atoms with E-state index in [2.05, 4.69) is 13.8 Å². The Hall–Kier alpha value is -1.67. The van der Waals surface area contributed by atoms with Crippen LogP contribution in [0.25, 0.3) is 0 Å². The molecule has 0 aromatic carbocycles. The van der Waals surface area contributed by atoms with E-state index >= 15 is 0 Å². The number of carbonyl (C=O) groups excluding carboxylic acids is 2. The topological polar surface area (TPSA) is 99.1 Å². The molecule has 0 aliphatic carbocycles. The maximum absolute atomic E-state index is 12.5. The number of likely N-dealkylation sites (N-methyl/N-ethyl adjacent to an activating group) is 1. The summed E-state index contributed by atoms with van der Waals surface area (Å²) in [6.45, 7) is 4.65. The molecule has 0 rings (SSSR count). The monoisotopic (exact) mass is 572 g/mol. The van der Waals surface area contributed by atoms with Gasteiger partial charge in [-0.2, -0.15) is 0 Å². The van der Waals surface area contributed by atoms with Gasteiger partial charge in [-0.3, -0.25) is 9.59 Å². The molecule has 0 aromatic heterocycles. The minimum absolute atomic E-state index is 0.0449. The van der Waals surface area contributed by atoms with Gasteiger partial charge < -0.3 is 23.8 Å². The first kappa shape index (κ1) is 38.3. The maximum Gasteiger partial charge on any atom is 0.362 e. The average molecular weight is 573 g/mol. The van der Waals surface area contributed by atoms with Crippen LogP contribution in [0.5, 0.6) is 0 Å². The summed E-state index contributed by atoms with van der Waals surface area (Å²) in [4.78, 5) is 36.4. The molecule has 0 saturated heterocycles. The van der Waals surface area contributed by atoms with Gasteiger partial charge in [0.1, 0.15) is 6.61 Å². The van der Waals surface area contributed by atoms with Crippen LogP contribution in [0.2, 0.25) is 0 Å². The molecule has 0 aliphatic heterocycles. The predicted molar refractivity (Wildman–Crippen MR) is 160 cm³/mol. The second kappa shape index (κ2) is 25.1. The van der Waals surface area contributed by atoms with Gasteiger partial charge in [-0.1, -0.05) is 104 Å². The summed E-state index contributed by atoms with van der Waals surface area (Å²) in [5, 5.41) is 9.51. The first-order valence-electron chi connectivity index (χ1n) is 16.1. The zero-order valence-corrected chi connectivity index (χ0v) is 26.6. The smallest absolute Gasteiger partial charge is 0.362 e. The Balaban J connectivity index is 4.50. The molecule has 0 amide bonds. The Morgan fingerprint density at radius 1 is 0.650 bits per heavy atom. The molecule has 0 radical (unpaired) electrons. The number of esters is 2. The van der Waals surface area contributed by atoms with E-state index in [1.54, 1.807) is 0 Å². The van der Waals surface area contributed by atoms with Crippen LogP contribution in [0.4, 0.5) is 0 Å². The summed E-state index contributed by atoms with van der Waals surface area (Å²) in [6.07, 6.45) is 18.7. The minimum atomic E-state index is -0.876. The number of hydrogen-bond donors (Lipinski definition) is 1. The first-order valence-corrected chi connectivity index (χ1v) is 16.1. The molecular formula is C32H62NO7+. The van der Waals surface area contributed by atoms with Gasteiger partial charge in [-0.05, 0) is 12.8 Å². The Bertz CT molecular complexity index is 648. The van der Waals surface area contributed by atoms with Gasteiger partial charge in [-0.25, -0.2) is 4.79 Å². The fourth-order valence-electron chi connectivity index (χ4n) is 4.68. The number of carbonyl (C=O) groups is 3. The molecule has 0 bridgehead atoms. The minimum Gasteiger partial charge on any atom is -0.477 e. The van der Waals surface area contributed by atoms with Crippen molar-refractivity contribution in [3.63, 3.8) is 0 Å². The number of carboxylic acids is 1. The fourth-order valence-corrected chi connectivity index (χ4v) is 4.68. The number of rotatable bonds is 28. The van der Waals surface area contributed by atoms with Gasteiger partial charge in [0.25, 0.3) is 0 Å². The van der Waals surface area contributed by atoms with Gasteiger partial charge in [0.15, 0.2) is 12.1 Å². The van der Waals surface area contributed by atoms with Crippen molar-refractivity contribution in [3.8, 4) is 0 Å². The molecule has 0 aromatic rings. The molecule has 0 saturated carbocycles. The molecule has 0 spiro atoms. The number of nitrogens with zero attached hydrogens (tertiary/aromatic N) is 1. The van der Waals surface area contributed by atoms with Crippen molar-refractivity contribution in [1.29, 1.82) is 0 Å². The van der Waals surface area contributed by atoms with E-state index in [0.717, 1.165) is 38.5 Å². The number of unbranched alkanes of at least 4 members (excludes halogenated alkanes) is 14. The van der Waals surface area contributed by atoms with Crippen LogP contribution in [0.3, 0.4) is 0 Å². The zero-order valence-electron chi connectivity index (χ0n) is 26.6. The molecule has 2 atom stereocenters. The van der Waals surface area contributed by atoms with E-state index in [1.165, 1.54) is 64.2 Å². The summed E-state index contributed by atoms with van der Waals surface area (Å²) in [7, 11) is 5.50. The van der Waals surface area contributed by atoms with Gasteiger partial charge in [0, 0.05) is 19.3 Å². The molecular weight excluding hydrogens is 510 g/mol. The van der Waals surface area contributed by atoms with Crippen molar-refractivity contribution in [3.05, 3.63) is 0 Å². The van der Waals surface area contributed by atoms with Crippen LogP contribution in [-0.2, 0) is 28.6 Å². The molecule has 0 heterocycles. The molecule has 236 valence electrons. The molecule has 40 heavy (non-hydrogen) atoms. The second-order valence-corrected chi connectivity index (χ2v) is 12.1. The number of hydrogen-bond acceptors (Lipinski definition) is 6. The Labute approximate surface area is 245 Å². The van der Waals surface area contributed by atoms with Crippen LogP contribution in [0, 0.1) is 0 Å². The average Bonchev–Trinajstić information content (AvgIpc) is 2.89. The van der Waals surface area contributed by atoms with Crippen LogP contribution in [-0.4, -0.2) is 80.6 Å². The van der Waals surface area contributed by atoms with E-state index in [0.29, 0.717) is 19.3 Å². The third kappa shape index (κ3) is 23.1. The maximum atomic E-state index is 12.5. The number of aliphatic carboxylic acids is 1. The lowest BCUT2D eigenvalue weighted by molar-refractivity contribution is -0.887. The number of ether oxygens (including phenoxy) is 3. The van der Waals surface area contributed by atoms with Crippen molar-refractivity contribution < 1.29 is 38.2 Å². The lowest BCUT2D eigenvalue weighted by atomic mass is 10.1. The molecule has 2 unspecified atom stereocenters. The van der Waals surface area contributed by atoms with Crippen molar-refractivity contribution in [1.82, 2.24) is 0 Å². The van der Waals surface area contributed by atoms with Crippen molar-refractivity contribution >= 4 is 17.9 Å². The lowest BCUT2D eigenvalue weighted by Gasteiger charge is -2.31. The summed E-state index contributed by atoms with van der Waals surface area (Å²) in [5.74, 6) is -1.47. The first-order chi connectivity index (χ1) is 19.1. The normalized spacial score (nSPS) is 13.1. The number of quaternary nitrogens is 1. The summed E-state index contributed by atoms with van der Waals surface area (Å²) >= 11 is 0. The largest absolute Gasteiger partial charge is 0.477 e. The summed E-state index contributed by atoms with van der Waals surface area (Å²) < 4.78 is 17.0. The highest BCUT2D eigenvalue weighted by molar-refractivity contribution is 5.72. The molecule has 1 N–H and O–H groups in total. The van der Waals surface area contributed by atoms with E-state index < -0.39 is 18.1 Å². The SMILES string of the molecule is CCCCCCCCCCC(=O)OCC(COCCC(C(=O)O)[N+](C)(C)C)OC(=O)CCCCCCCCCC. The van der Waals surface area contributed by atoms with Gasteiger partial charge in [0.2, 0.25) is 0 Å². The van der Waals surface area contributed by atoms with E-state index in [4.69, 9.17) is 14.2 Å². The van der Waals surface area contributed by atoms with Crippen LogP contribution < -0.4 is 0 Å². The van der Waals surface area contributed by atoms with E-state index in [9.17, 15) is 19.5 Å². The quantitative estimate of drug-likeness (QED) is 0.0608. The number of carboxylic acid groups (broad SMARTS) is 1. The van der Waals surface area contributed by atoms with Gasteiger partial charge in [-0.15, -0.1) is 0 Å². The van der Waals surface area contributed by atoms with Crippen LogP contribution >= 0.6 is 0 Å². The highest BCUT2D eigenvalue weighted by Gasteiger charge is 2.31. The summed E-state index contributed by atoms with van der Waals surface area (Å²) in [5.41, 5.74) is 0. The van der Waals surface area contributed by atoms with E-state index in [1.807, 2.05) is 21.1 Å². The third-order valence-electron chi connectivity index (χ3n) is 7.26. The predicted octanol–water partition coefficient (Wildman–Crippen LogP) is 7.07. The Morgan fingerprint density at radius 2 is 1.10 bits per heavy atom. The van der Waals surface area contributed by atoms with Gasteiger partial charge >= 0.3 is 17.9 Å². The summed E-state index contributed by atoms with van der Waals surface area (Å²) in [6, 6.07) is -0.604.